The molecule has 1 atom stereocenters. The molecule has 21 heavy (non-hydrogen) atoms. The first-order valence-corrected chi connectivity index (χ1v) is 7.98. The Morgan fingerprint density at radius 1 is 1.38 bits per heavy atom. The molecule has 0 spiro atoms. The second kappa shape index (κ2) is 5.97. The van der Waals surface area contributed by atoms with Crippen LogP contribution in [0.5, 0.6) is 0 Å². The van der Waals surface area contributed by atoms with Gasteiger partial charge >= 0.3 is 0 Å². The van der Waals surface area contributed by atoms with Crippen molar-refractivity contribution < 1.29 is 4.39 Å². The second-order valence-electron chi connectivity index (χ2n) is 5.49. The topological polar surface area (TPSA) is 27.0 Å². The predicted molar refractivity (Wildman–Crippen MR) is 82.6 cm³/mol. The van der Waals surface area contributed by atoms with E-state index in [0.717, 1.165) is 18.5 Å². The van der Waals surface area contributed by atoms with Gasteiger partial charge in [0, 0.05) is 22.3 Å². The van der Waals surface area contributed by atoms with Crippen LogP contribution in [-0.2, 0) is 6.54 Å². The van der Waals surface area contributed by atoms with Crippen LogP contribution in [0.25, 0.3) is 0 Å². The van der Waals surface area contributed by atoms with Crippen molar-refractivity contribution in [1.29, 1.82) is 5.26 Å². The molecule has 0 amide bonds. The summed E-state index contributed by atoms with van der Waals surface area (Å²) in [6, 6.07) is 11.4. The third-order valence-electron chi connectivity index (χ3n) is 4.02. The van der Waals surface area contributed by atoms with Gasteiger partial charge in [-0.05, 0) is 56.1 Å². The van der Waals surface area contributed by atoms with Gasteiger partial charge in [0.2, 0.25) is 0 Å². The summed E-state index contributed by atoms with van der Waals surface area (Å²) in [5.41, 5.74) is 1.36. The maximum absolute atomic E-state index is 13.2. The minimum Gasteiger partial charge on any atom is -0.291 e. The van der Waals surface area contributed by atoms with Gasteiger partial charge in [-0.15, -0.1) is 11.3 Å². The average Bonchev–Trinajstić information content (AvgIpc) is 3.09. The minimum atomic E-state index is -0.345. The maximum Gasteiger partial charge on any atom is 0.124 e. The number of thiophene rings is 1. The van der Waals surface area contributed by atoms with Gasteiger partial charge in [0.05, 0.1) is 11.6 Å². The Balaban J connectivity index is 1.82. The standard InChI is InChI=1S/C17H17FN2S/c1-12-4-7-17(21-12)16-3-2-8-20(16)11-13-5-6-15(18)9-14(13)10-19/h4-7,9,16H,2-3,8,11H2,1H3. The smallest absolute Gasteiger partial charge is 0.124 e. The first-order chi connectivity index (χ1) is 10.2. The summed E-state index contributed by atoms with van der Waals surface area (Å²) in [6.45, 7) is 3.87. The monoisotopic (exact) mass is 300 g/mol. The Kier molecular flexibility index (Phi) is 4.05. The molecule has 2 aromatic rings. The Labute approximate surface area is 128 Å². The van der Waals surface area contributed by atoms with E-state index in [9.17, 15) is 4.39 Å². The number of aryl methyl sites for hydroxylation is 1. The average molecular weight is 300 g/mol. The molecule has 2 heterocycles. The molecule has 108 valence electrons. The molecule has 1 aliphatic heterocycles. The summed E-state index contributed by atoms with van der Waals surface area (Å²) >= 11 is 1.85. The fourth-order valence-electron chi connectivity index (χ4n) is 2.98. The van der Waals surface area contributed by atoms with Gasteiger partial charge in [-0.2, -0.15) is 5.26 Å². The van der Waals surface area contributed by atoms with E-state index in [2.05, 4.69) is 30.0 Å². The molecule has 2 nitrogen and oxygen atoms in total. The Bertz CT molecular complexity index is 686. The van der Waals surface area contributed by atoms with Crippen LogP contribution in [0.2, 0.25) is 0 Å². The molecule has 0 saturated carbocycles. The van der Waals surface area contributed by atoms with Crippen molar-refractivity contribution in [2.75, 3.05) is 6.54 Å². The summed E-state index contributed by atoms with van der Waals surface area (Å²) in [5, 5.41) is 9.17. The van der Waals surface area contributed by atoms with Crippen molar-refractivity contribution >= 4 is 11.3 Å². The molecule has 0 N–H and O–H groups in total. The molecule has 1 fully saturated rings. The van der Waals surface area contributed by atoms with Crippen LogP contribution in [0.15, 0.2) is 30.3 Å². The summed E-state index contributed by atoms with van der Waals surface area (Å²) in [6.07, 6.45) is 2.33. The largest absolute Gasteiger partial charge is 0.291 e. The van der Waals surface area contributed by atoms with Gasteiger partial charge in [-0.25, -0.2) is 4.39 Å². The van der Waals surface area contributed by atoms with E-state index in [1.54, 1.807) is 6.07 Å². The summed E-state index contributed by atoms with van der Waals surface area (Å²) in [4.78, 5) is 5.13. The second-order valence-corrected chi connectivity index (χ2v) is 6.81. The van der Waals surface area contributed by atoms with Crippen molar-refractivity contribution in [2.24, 2.45) is 0 Å². The third-order valence-corrected chi connectivity index (χ3v) is 5.12. The van der Waals surface area contributed by atoms with Crippen LogP contribution >= 0.6 is 11.3 Å². The van der Waals surface area contributed by atoms with Crippen LogP contribution in [0.4, 0.5) is 4.39 Å². The lowest BCUT2D eigenvalue weighted by molar-refractivity contribution is 0.251. The normalized spacial score (nSPS) is 18.8. The van der Waals surface area contributed by atoms with Crippen LogP contribution in [0.1, 0.15) is 39.8 Å². The number of likely N-dealkylation sites (tertiary alicyclic amines) is 1. The lowest BCUT2D eigenvalue weighted by Gasteiger charge is -2.24. The number of halogens is 1. The molecule has 1 unspecified atom stereocenters. The Hall–Kier alpha value is -1.70. The van der Waals surface area contributed by atoms with Gasteiger partial charge in [0.25, 0.3) is 0 Å². The molecule has 1 aliphatic rings. The van der Waals surface area contributed by atoms with Gasteiger partial charge in [-0.1, -0.05) is 6.07 Å². The van der Waals surface area contributed by atoms with Crippen molar-refractivity contribution in [2.45, 2.75) is 32.4 Å². The van der Waals surface area contributed by atoms with E-state index in [1.807, 2.05) is 11.3 Å². The molecular formula is C17H17FN2S. The molecule has 0 radical (unpaired) electrons. The zero-order valence-electron chi connectivity index (χ0n) is 12.0. The number of benzene rings is 1. The highest BCUT2D eigenvalue weighted by molar-refractivity contribution is 7.12. The molecule has 1 saturated heterocycles. The van der Waals surface area contributed by atoms with Crippen molar-refractivity contribution in [3.63, 3.8) is 0 Å². The number of nitrogens with zero attached hydrogens (tertiary/aromatic N) is 2. The van der Waals surface area contributed by atoms with E-state index >= 15 is 0 Å². The van der Waals surface area contributed by atoms with Gasteiger partial charge < -0.3 is 0 Å². The van der Waals surface area contributed by atoms with E-state index in [4.69, 9.17) is 5.26 Å². The van der Waals surface area contributed by atoms with Crippen LogP contribution in [0.3, 0.4) is 0 Å². The van der Waals surface area contributed by atoms with Crippen LogP contribution in [-0.4, -0.2) is 11.4 Å². The fourth-order valence-corrected chi connectivity index (χ4v) is 4.03. The Morgan fingerprint density at radius 2 is 2.24 bits per heavy atom. The molecule has 1 aromatic carbocycles. The lowest BCUT2D eigenvalue weighted by Crippen LogP contribution is -2.22. The van der Waals surface area contributed by atoms with E-state index in [-0.39, 0.29) is 5.82 Å². The van der Waals surface area contributed by atoms with Crippen molar-refractivity contribution in [1.82, 2.24) is 4.90 Å². The highest BCUT2D eigenvalue weighted by Crippen LogP contribution is 2.36. The summed E-state index contributed by atoms with van der Waals surface area (Å²) < 4.78 is 13.2. The molecule has 0 aliphatic carbocycles. The molecule has 0 bridgehead atoms. The quantitative estimate of drug-likeness (QED) is 0.840. The summed E-state index contributed by atoms with van der Waals surface area (Å²) in [5.74, 6) is -0.345. The summed E-state index contributed by atoms with van der Waals surface area (Å²) in [7, 11) is 0. The molecule has 1 aromatic heterocycles. The van der Waals surface area contributed by atoms with Gasteiger partial charge in [0.1, 0.15) is 5.82 Å². The maximum atomic E-state index is 13.2. The van der Waals surface area contributed by atoms with Gasteiger partial charge in [-0.3, -0.25) is 4.90 Å². The highest BCUT2D eigenvalue weighted by atomic mass is 32.1. The zero-order valence-corrected chi connectivity index (χ0v) is 12.8. The Morgan fingerprint density at radius 3 is 2.95 bits per heavy atom. The van der Waals surface area contributed by atoms with E-state index in [0.29, 0.717) is 18.2 Å². The third kappa shape index (κ3) is 2.99. The van der Waals surface area contributed by atoms with Crippen molar-refractivity contribution in [3.05, 3.63) is 57.0 Å². The van der Waals surface area contributed by atoms with E-state index in [1.165, 1.54) is 28.3 Å². The SMILES string of the molecule is Cc1ccc(C2CCCN2Cc2ccc(F)cc2C#N)s1. The first kappa shape index (κ1) is 14.2. The number of nitriles is 1. The number of rotatable bonds is 3. The van der Waals surface area contributed by atoms with Crippen molar-refractivity contribution in [3.8, 4) is 6.07 Å². The first-order valence-electron chi connectivity index (χ1n) is 7.16. The van der Waals surface area contributed by atoms with E-state index < -0.39 is 0 Å². The zero-order chi connectivity index (χ0) is 14.8. The van der Waals surface area contributed by atoms with Crippen LogP contribution < -0.4 is 0 Å². The lowest BCUT2D eigenvalue weighted by atomic mass is 10.1. The molecule has 3 rings (SSSR count). The highest BCUT2D eigenvalue weighted by Gasteiger charge is 2.27. The number of hydrogen-bond acceptors (Lipinski definition) is 3. The molecular weight excluding hydrogens is 283 g/mol. The number of hydrogen-bond donors (Lipinski definition) is 0. The fraction of sp³-hybridized carbons (Fsp3) is 0.353. The predicted octanol–water partition coefficient (Wildman–Crippen LogP) is 4.40. The van der Waals surface area contributed by atoms with Crippen LogP contribution in [0, 0.1) is 24.1 Å². The minimum absolute atomic E-state index is 0.345. The van der Waals surface area contributed by atoms with Gasteiger partial charge in [0.15, 0.2) is 0 Å². The molecule has 4 heteroatoms.